The summed E-state index contributed by atoms with van der Waals surface area (Å²) in [5, 5.41) is 6.02. The van der Waals surface area contributed by atoms with Crippen LogP contribution in [-0.4, -0.2) is 24.4 Å². The fourth-order valence-corrected chi connectivity index (χ4v) is 3.82. The lowest BCUT2D eigenvalue weighted by Gasteiger charge is -2.30. The zero-order chi connectivity index (χ0) is 17.8. The Balaban J connectivity index is 1.61. The Morgan fingerprint density at radius 2 is 1.96 bits per heavy atom. The molecule has 1 aromatic carbocycles. The number of amides is 2. The zero-order valence-electron chi connectivity index (χ0n) is 15.0. The van der Waals surface area contributed by atoms with E-state index in [-0.39, 0.29) is 23.8 Å². The van der Waals surface area contributed by atoms with E-state index in [0.29, 0.717) is 29.6 Å². The van der Waals surface area contributed by atoms with Gasteiger partial charge in [0.1, 0.15) is 0 Å². The lowest BCUT2D eigenvalue weighted by atomic mass is 9.84. The molecular formula is C20H29N3O2. The first-order valence-corrected chi connectivity index (χ1v) is 9.50. The highest BCUT2D eigenvalue weighted by atomic mass is 16.2. The molecule has 1 aromatic rings. The summed E-state index contributed by atoms with van der Waals surface area (Å²) in [5.74, 6) is 0.989. The van der Waals surface area contributed by atoms with E-state index in [1.54, 1.807) is 18.2 Å². The molecule has 5 heteroatoms. The summed E-state index contributed by atoms with van der Waals surface area (Å²) in [7, 11) is 0. The quantitative estimate of drug-likeness (QED) is 0.742. The molecule has 0 bridgehead atoms. The first-order chi connectivity index (χ1) is 12.1. The fourth-order valence-electron chi connectivity index (χ4n) is 3.82. The van der Waals surface area contributed by atoms with E-state index in [0.717, 1.165) is 19.3 Å². The number of hydrogen-bond acceptors (Lipinski definition) is 3. The van der Waals surface area contributed by atoms with Crippen molar-refractivity contribution in [2.45, 2.75) is 51.5 Å². The first kappa shape index (κ1) is 17.9. The Bertz CT molecular complexity index is 625. The van der Waals surface area contributed by atoms with Gasteiger partial charge in [0.2, 0.25) is 5.91 Å². The van der Waals surface area contributed by atoms with Crippen molar-refractivity contribution in [2.24, 2.45) is 23.5 Å². The van der Waals surface area contributed by atoms with E-state index in [1.807, 2.05) is 6.07 Å². The summed E-state index contributed by atoms with van der Waals surface area (Å²) in [6.07, 6.45) is 6.95. The van der Waals surface area contributed by atoms with Crippen LogP contribution in [0.2, 0.25) is 0 Å². The van der Waals surface area contributed by atoms with Crippen LogP contribution in [0.5, 0.6) is 0 Å². The SMILES string of the molecule is CC1CC1C(=O)Nc1cccc(C(=O)NC(CN)C2CCCCC2)c1. The lowest BCUT2D eigenvalue weighted by Crippen LogP contribution is -2.45. The molecule has 5 nitrogen and oxygen atoms in total. The molecule has 0 radical (unpaired) electrons. The van der Waals surface area contributed by atoms with E-state index < -0.39 is 0 Å². The normalized spacial score (nSPS) is 24.4. The number of nitrogens with two attached hydrogens (primary N) is 1. The Hall–Kier alpha value is -1.88. The van der Waals surface area contributed by atoms with Crippen LogP contribution >= 0.6 is 0 Å². The summed E-state index contributed by atoms with van der Waals surface area (Å²) in [4.78, 5) is 24.7. The van der Waals surface area contributed by atoms with Crippen LogP contribution in [0.25, 0.3) is 0 Å². The van der Waals surface area contributed by atoms with Crippen LogP contribution < -0.4 is 16.4 Å². The maximum absolute atomic E-state index is 12.6. The van der Waals surface area contributed by atoms with Gasteiger partial charge in [-0.1, -0.05) is 32.3 Å². The Morgan fingerprint density at radius 3 is 2.60 bits per heavy atom. The van der Waals surface area contributed by atoms with Crippen molar-refractivity contribution in [3.63, 3.8) is 0 Å². The summed E-state index contributed by atoms with van der Waals surface area (Å²) in [5.41, 5.74) is 7.15. The van der Waals surface area contributed by atoms with E-state index in [2.05, 4.69) is 17.6 Å². The topological polar surface area (TPSA) is 84.2 Å². The van der Waals surface area contributed by atoms with Gasteiger partial charge in [0, 0.05) is 29.8 Å². The number of rotatable bonds is 6. The van der Waals surface area contributed by atoms with Gasteiger partial charge < -0.3 is 16.4 Å². The van der Waals surface area contributed by atoms with E-state index >= 15 is 0 Å². The fraction of sp³-hybridized carbons (Fsp3) is 0.600. The van der Waals surface area contributed by atoms with Gasteiger partial charge in [-0.2, -0.15) is 0 Å². The van der Waals surface area contributed by atoms with Crippen molar-refractivity contribution in [1.29, 1.82) is 0 Å². The van der Waals surface area contributed by atoms with E-state index in [9.17, 15) is 9.59 Å². The van der Waals surface area contributed by atoms with Crippen molar-refractivity contribution in [2.75, 3.05) is 11.9 Å². The Labute approximate surface area is 149 Å². The van der Waals surface area contributed by atoms with Crippen LogP contribution in [0.3, 0.4) is 0 Å². The largest absolute Gasteiger partial charge is 0.348 e. The molecule has 3 rings (SSSR count). The molecule has 0 saturated heterocycles. The number of anilines is 1. The Morgan fingerprint density at radius 1 is 1.24 bits per heavy atom. The standard InChI is InChI=1S/C20H29N3O2/c1-13-10-17(13)20(25)22-16-9-5-8-15(11-16)19(24)23-18(12-21)14-6-3-2-4-7-14/h5,8-9,11,13-14,17-18H,2-4,6-7,10,12,21H2,1H3,(H,22,25)(H,23,24). The number of carbonyl (C=O) groups is 2. The van der Waals surface area contributed by atoms with Gasteiger partial charge in [-0.25, -0.2) is 0 Å². The van der Waals surface area contributed by atoms with Gasteiger partial charge in [-0.05, 0) is 49.3 Å². The third kappa shape index (κ3) is 4.60. The maximum Gasteiger partial charge on any atom is 0.251 e. The highest BCUT2D eigenvalue weighted by Gasteiger charge is 2.39. The van der Waals surface area contributed by atoms with Gasteiger partial charge in [0.25, 0.3) is 5.91 Å². The second-order valence-corrected chi connectivity index (χ2v) is 7.60. The average molecular weight is 343 g/mol. The molecule has 0 spiro atoms. The van der Waals surface area contributed by atoms with Crippen molar-refractivity contribution in [1.82, 2.24) is 5.32 Å². The van der Waals surface area contributed by atoms with Gasteiger partial charge in [-0.15, -0.1) is 0 Å². The molecule has 136 valence electrons. The van der Waals surface area contributed by atoms with Crippen LogP contribution in [0.4, 0.5) is 5.69 Å². The first-order valence-electron chi connectivity index (χ1n) is 9.50. The Kier molecular flexibility index (Phi) is 5.74. The lowest BCUT2D eigenvalue weighted by molar-refractivity contribution is -0.117. The molecule has 2 aliphatic carbocycles. The number of carbonyl (C=O) groups excluding carboxylic acids is 2. The van der Waals surface area contributed by atoms with Crippen LogP contribution in [-0.2, 0) is 4.79 Å². The number of nitrogens with one attached hydrogen (secondary N) is 2. The number of hydrogen-bond donors (Lipinski definition) is 3. The molecule has 4 N–H and O–H groups in total. The maximum atomic E-state index is 12.6. The smallest absolute Gasteiger partial charge is 0.251 e. The van der Waals surface area contributed by atoms with Gasteiger partial charge >= 0.3 is 0 Å². The summed E-state index contributed by atoms with van der Waals surface area (Å²) < 4.78 is 0. The highest BCUT2D eigenvalue weighted by molar-refractivity contribution is 5.98. The van der Waals surface area contributed by atoms with Crippen molar-refractivity contribution < 1.29 is 9.59 Å². The van der Waals surface area contributed by atoms with E-state index in [4.69, 9.17) is 5.73 Å². The van der Waals surface area contributed by atoms with Gasteiger partial charge in [0.15, 0.2) is 0 Å². The monoisotopic (exact) mass is 343 g/mol. The molecule has 2 fully saturated rings. The summed E-state index contributed by atoms with van der Waals surface area (Å²) in [6.45, 7) is 2.54. The molecule has 0 heterocycles. The minimum absolute atomic E-state index is 0.0263. The predicted molar refractivity (Wildman–Crippen MR) is 99.2 cm³/mol. The minimum atomic E-state index is -0.114. The molecule has 0 aromatic heterocycles. The molecule has 25 heavy (non-hydrogen) atoms. The molecular weight excluding hydrogens is 314 g/mol. The predicted octanol–water partition coefficient (Wildman–Crippen LogP) is 2.92. The summed E-state index contributed by atoms with van der Waals surface area (Å²) >= 11 is 0. The molecule has 2 saturated carbocycles. The second kappa shape index (κ2) is 8.00. The third-order valence-electron chi connectivity index (χ3n) is 5.63. The van der Waals surface area contributed by atoms with Gasteiger partial charge in [-0.3, -0.25) is 9.59 Å². The van der Waals surface area contributed by atoms with Crippen molar-refractivity contribution in [3.8, 4) is 0 Å². The molecule has 2 aliphatic rings. The van der Waals surface area contributed by atoms with Crippen LogP contribution in [0, 0.1) is 17.8 Å². The molecule has 3 atom stereocenters. The third-order valence-corrected chi connectivity index (χ3v) is 5.63. The molecule has 0 aliphatic heterocycles. The van der Waals surface area contributed by atoms with Crippen molar-refractivity contribution >= 4 is 17.5 Å². The summed E-state index contributed by atoms with van der Waals surface area (Å²) in [6, 6.07) is 7.18. The average Bonchev–Trinajstić information content (AvgIpc) is 3.37. The molecule has 2 amide bonds. The minimum Gasteiger partial charge on any atom is -0.348 e. The highest BCUT2D eigenvalue weighted by Crippen LogP contribution is 2.38. The van der Waals surface area contributed by atoms with Gasteiger partial charge in [0.05, 0.1) is 0 Å². The molecule has 3 unspecified atom stereocenters. The second-order valence-electron chi connectivity index (χ2n) is 7.60. The van der Waals surface area contributed by atoms with Crippen LogP contribution in [0.15, 0.2) is 24.3 Å². The van der Waals surface area contributed by atoms with Crippen molar-refractivity contribution in [3.05, 3.63) is 29.8 Å². The zero-order valence-corrected chi connectivity index (χ0v) is 15.0. The number of benzene rings is 1. The van der Waals surface area contributed by atoms with Crippen LogP contribution in [0.1, 0.15) is 55.8 Å². The van der Waals surface area contributed by atoms with E-state index in [1.165, 1.54) is 19.3 Å².